The highest BCUT2D eigenvalue weighted by Gasteiger charge is 2.34. The molecule has 2 aromatic carbocycles. The minimum Gasteiger partial charge on any atom is -0.338 e. The third-order valence-corrected chi connectivity index (χ3v) is 8.07. The Morgan fingerprint density at radius 1 is 1.06 bits per heavy atom. The van der Waals surface area contributed by atoms with Crippen LogP contribution in [0.2, 0.25) is 5.02 Å². The molecule has 2 fully saturated rings. The molecule has 1 N–H and O–H groups in total. The van der Waals surface area contributed by atoms with Crippen LogP contribution in [-0.4, -0.2) is 61.7 Å². The van der Waals surface area contributed by atoms with Crippen LogP contribution >= 0.6 is 11.6 Å². The van der Waals surface area contributed by atoms with Gasteiger partial charge in [0, 0.05) is 24.2 Å². The molecule has 0 spiro atoms. The summed E-state index contributed by atoms with van der Waals surface area (Å²) >= 11 is 6.00. The molecule has 0 bridgehead atoms. The van der Waals surface area contributed by atoms with Crippen molar-refractivity contribution in [2.45, 2.75) is 56.0 Å². The van der Waals surface area contributed by atoms with E-state index >= 15 is 0 Å². The molecule has 7 nitrogen and oxygen atoms in total. The molecule has 0 saturated carbocycles. The van der Waals surface area contributed by atoms with Gasteiger partial charge in [-0.2, -0.15) is 4.72 Å². The van der Waals surface area contributed by atoms with Crippen molar-refractivity contribution in [1.82, 2.24) is 14.5 Å². The van der Waals surface area contributed by atoms with Gasteiger partial charge in [-0.25, -0.2) is 8.42 Å². The monoisotopic (exact) mass is 477 g/mol. The molecule has 2 atom stereocenters. The van der Waals surface area contributed by atoms with Gasteiger partial charge in [0.2, 0.25) is 21.8 Å². The van der Waals surface area contributed by atoms with Crippen LogP contribution in [0.15, 0.2) is 41.3 Å². The zero-order valence-electron chi connectivity index (χ0n) is 18.1. The highest BCUT2D eigenvalue weighted by atomic mass is 35.5. The predicted octanol–water partition coefficient (Wildman–Crippen LogP) is 3.16. The van der Waals surface area contributed by atoms with E-state index in [-0.39, 0.29) is 29.3 Å². The Morgan fingerprint density at radius 3 is 2.59 bits per heavy atom. The van der Waals surface area contributed by atoms with Crippen molar-refractivity contribution in [1.29, 1.82) is 0 Å². The Hall–Kier alpha value is -2.16. The molecule has 2 saturated heterocycles. The summed E-state index contributed by atoms with van der Waals surface area (Å²) in [5.41, 5.74) is 0. The fourth-order valence-corrected chi connectivity index (χ4v) is 5.99. The topological polar surface area (TPSA) is 86.8 Å². The van der Waals surface area contributed by atoms with E-state index in [1.54, 1.807) is 30.3 Å². The number of carbonyl (C=O) groups excluding carboxylic acids is 2. The van der Waals surface area contributed by atoms with E-state index in [4.69, 9.17) is 11.6 Å². The molecular formula is C23H28ClN3O4S. The van der Waals surface area contributed by atoms with E-state index in [0.717, 1.165) is 30.0 Å². The standard InChI is InChI=1S/C23H28ClN3O4S/c1-16-5-2-3-12-27(16)22(28)15-26-11-4-6-21(23(26)29)25-32(30,31)20-10-8-17-13-19(24)9-7-18(17)14-20/h7-10,13-14,16,21,25H,2-6,11-12,15H2,1H3. The molecule has 2 aliphatic rings. The molecule has 2 aromatic rings. The van der Waals surface area contributed by atoms with Crippen molar-refractivity contribution >= 4 is 44.2 Å². The SMILES string of the molecule is CC1CCCCN1C(=O)CN1CCCC(NS(=O)(=O)c2ccc3cc(Cl)ccc3c2)C1=O. The Bertz CT molecular complexity index is 1140. The van der Waals surface area contributed by atoms with Crippen molar-refractivity contribution in [3.63, 3.8) is 0 Å². The molecule has 2 unspecified atom stereocenters. The summed E-state index contributed by atoms with van der Waals surface area (Å²) < 4.78 is 28.5. The van der Waals surface area contributed by atoms with Crippen LogP contribution in [0, 0.1) is 0 Å². The number of hydrogen-bond donors (Lipinski definition) is 1. The summed E-state index contributed by atoms with van der Waals surface area (Å²) in [4.78, 5) is 29.2. The lowest BCUT2D eigenvalue weighted by Crippen LogP contribution is -2.55. The molecule has 2 heterocycles. The number of rotatable bonds is 5. The van der Waals surface area contributed by atoms with Gasteiger partial charge in [-0.15, -0.1) is 0 Å². The maximum absolute atomic E-state index is 13.0. The highest BCUT2D eigenvalue weighted by molar-refractivity contribution is 7.89. The van der Waals surface area contributed by atoms with Gasteiger partial charge in [-0.3, -0.25) is 9.59 Å². The van der Waals surface area contributed by atoms with Crippen LogP contribution in [-0.2, 0) is 19.6 Å². The minimum atomic E-state index is -3.90. The van der Waals surface area contributed by atoms with Crippen LogP contribution in [0.5, 0.6) is 0 Å². The average molecular weight is 478 g/mol. The summed E-state index contributed by atoms with van der Waals surface area (Å²) in [6.45, 7) is 3.20. The van der Waals surface area contributed by atoms with Crippen molar-refractivity contribution in [2.24, 2.45) is 0 Å². The van der Waals surface area contributed by atoms with Gasteiger partial charge < -0.3 is 9.80 Å². The number of amides is 2. The first-order valence-corrected chi connectivity index (χ1v) is 12.9. The Balaban J connectivity index is 1.45. The van der Waals surface area contributed by atoms with Gasteiger partial charge in [0.05, 0.1) is 11.4 Å². The molecule has 32 heavy (non-hydrogen) atoms. The molecule has 0 aromatic heterocycles. The molecular weight excluding hydrogens is 450 g/mol. The van der Waals surface area contributed by atoms with E-state index in [9.17, 15) is 18.0 Å². The normalized spacial score (nSPS) is 22.4. The van der Waals surface area contributed by atoms with Crippen LogP contribution in [0.3, 0.4) is 0 Å². The summed E-state index contributed by atoms with van der Waals surface area (Å²) in [6, 6.07) is 9.31. The molecule has 0 radical (unpaired) electrons. The smallest absolute Gasteiger partial charge is 0.242 e. The summed E-state index contributed by atoms with van der Waals surface area (Å²) in [5, 5.41) is 2.16. The lowest BCUT2D eigenvalue weighted by molar-refractivity contribution is -0.144. The minimum absolute atomic E-state index is 0.00185. The van der Waals surface area contributed by atoms with Crippen LogP contribution in [0.1, 0.15) is 39.0 Å². The largest absolute Gasteiger partial charge is 0.338 e. The van der Waals surface area contributed by atoms with Gasteiger partial charge >= 0.3 is 0 Å². The first-order valence-electron chi connectivity index (χ1n) is 11.0. The molecule has 2 amide bonds. The van der Waals surface area contributed by atoms with Gasteiger partial charge in [-0.05, 0) is 74.1 Å². The fourth-order valence-electron chi connectivity index (χ4n) is 4.55. The average Bonchev–Trinajstić information content (AvgIpc) is 2.76. The zero-order chi connectivity index (χ0) is 22.9. The number of halogens is 1. The first-order chi connectivity index (χ1) is 15.2. The second-order valence-electron chi connectivity index (χ2n) is 8.66. The van der Waals surface area contributed by atoms with E-state index in [1.165, 1.54) is 11.0 Å². The Morgan fingerprint density at radius 2 is 1.81 bits per heavy atom. The van der Waals surface area contributed by atoms with Crippen molar-refractivity contribution < 1.29 is 18.0 Å². The second kappa shape index (κ2) is 9.37. The number of nitrogens with one attached hydrogen (secondary N) is 1. The highest BCUT2D eigenvalue weighted by Crippen LogP contribution is 2.24. The van der Waals surface area contributed by atoms with Crippen LogP contribution in [0.4, 0.5) is 0 Å². The lowest BCUT2D eigenvalue weighted by Gasteiger charge is -2.37. The van der Waals surface area contributed by atoms with Gasteiger partial charge in [-0.1, -0.05) is 23.7 Å². The summed E-state index contributed by atoms with van der Waals surface area (Å²) in [6.07, 6.45) is 4.10. The van der Waals surface area contributed by atoms with Gasteiger partial charge in [0.15, 0.2) is 0 Å². The molecule has 2 aliphatic heterocycles. The number of hydrogen-bond acceptors (Lipinski definition) is 4. The number of piperidine rings is 2. The van der Waals surface area contributed by atoms with Gasteiger partial charge in [0.25, 0.3) is 0 Å². The predicted molar refractivity (Wildman–Crippen MR) is 124 cm³/mol. The first kappa shape index (κ1) is 23.0. The Labute approximate surface area is 193 Å². The van der Waals surface area contributed by atoms with E-state index in [0.29, 0.717) is 31.0 Å². The van der Waals surface area contributed by atoms with Crippen molar-refractivity contribution in [2.75, 3.05) is 19.6 Å². The second-order valence-corrected chi connectivity index (χ2v) is 10.8. The number of nitrogens with zero attached hydrogens (tertiary/aromatic N) is 2. The maximum Gasteiger partial charge on any atom is 0.242 e. The third-order valence-electron chi connectivity index (χ3n) is 6.36. The Kier molecular flexibility index (Phi) is 6.74. The summed E-state index contributed by atoms with van der Waals surface area (Å²) in [7, 11) is -3.90. The van der Waals surface area contributed by atoms with Crippen molar-refractivity contribution in [3.8, 4) is 0 Å². The number of sulfonamides is 1. The number of benzene rings is 2. The van der Waals surface area contributed by atoms with E-state index in [2.05, 4.69) is 4.72 Å². The summed E-state index contributed by atoms with van der Waals surface area (Å²) in [5.74, 6) is -0.410. The maximum atomic E-state index is 13.0. The van der Waals surface area contributed by atoms with Crippen LogP contribution in [0.25, 0.3) is 10.8 Å². The number of fused-ring (bicyclic) bond motifs is 1. The molecule has 4 rings (SSSR count). The number of likely N-dealkylation sites (tertiary alicyclic amines) is 2. The lowest BCUT2D eigenvalue weighted by atomic mass is 10.0. The van der Waals surface area contributed by atoms with Crippen molar-refractivity contribution in [3.05, 3.63) is 41.4 Å². The molecule has 9 heteroatoms. The molecule has 0 aliphatic carbocycles. The van der Waals surface area contributed by atoms with E-state index in [1.807, 2.05) is 11.8 Å². The van der Waals surface area contributed by atoms with Crippen LogP contribution < -0.4 is 4.72 Å². The quantitative estimate of drug-likeness (QED) is 0.716. The zero-order valence-corrected chi connectivity index (χ0v) is 19.7. The van der Waals surface area contributed by atoms with Gasteiger partial charge in [0.1, 0.15) is 6.04 Å². The third kappa shape index (κ3) is 4.92. The molecule has 172 valence electrons. The fraction of sp³-hybridized carbons (Fsp3) is 0.478. The number of carbonyl (C=O) groups is 2. The van der Waals surface area contributed by atoms with E-state index < -0.39 is 16.1 Å².